The molecule has 0 bridgehead atoms. The lowest BCUT2D eigenvalue weighted by atomic mass is 10.4. The fourth-order valence-electron chi connectivity index (χ4n) is 0.278. The topological polar surface area (TPSA) is 15.8 Å². The van der Waals surface area contributed by atoms with Crippen molar-refractivity contribution >= 4 is 0 Å². The Kier molecular flexibility index (Phi) is 6.70. The van der Waals surface area contributed by atoms with Crippen molar-refractivity contribution in [3.05, 3.63) is 24.5 Å². The third-order valence-electron chi connectivity index (χ3n) is 0.996. The molecule has 0 fully saturated rings. The van der Waals surface area contributed by atoms with Gasteiger partial charge in [-0.25, -0.2) is 0 Å². The summed E-state index contributed by atoms with van der Waals surface area (Å²) < 4.78 is 0. The fourth-order valence-corrected chi connectivity index (χ4v) is 0.278. The van der Waals surface area contributed by atoms with Crippen LogP contribution in [-0.2, 0) is 0 Å². The Labute approximate surface area is 57.1 Å². The van der Waals surface area contributed by atoms with Crippen LogP contribution in [0, 0.1) is 0 Å². The minimum absolute atomic E-state index is 1.32. The van der Waals surface area contributed by atoms with Crippen LogP contribution < -0.4 is 0 Å². The highest BCUT2D eigenvalue weighted by atomic mass is 14.6. The molecule has 1 aromatic rings. The zero-order valence-electron chi connectivity index (χ0n) is 6.22. The van der Waals surface area contributed by atoms with Gasteiger partial charge in [0.15, 0.2) is 0 Å². The standard InChI is InChI=1S/C4H5N.C4H10/c1-2-4-5-3-1;1-3-4-2/h1-5H;3-4H2,1-2H3. The Morgan fingerprint density at radius 2 is 1.44 bits per heavy atom. The SMILES string of the molecule is CCCC.c1cc[nH]c1. The van der Waals surface area contributed by atoms with Crippen molar-refractivity contribution in [2.75, 3.05) is 0 Å². The molecule has 52 valence electrons. The zero-order chi connectivity index (χ0) is 6.95. The summed E-state index contributed by atoms with van der Waals surface area (Å²) in [5.41, 5.74) is 0. The number of nitrogens with one attached hydrogen (secondary N) is 1. The zero-order valence-corrected chi connectivity index (χ0v) is 6.22. The van der Waals surface area contributed by atoms with Gasteiger partial charge in [-0.1, -0.05) is 26.7 Å². The second-order valence-electron chi connectivity index (χ2n) is 1.88. The van der Waals surface area contributed by atoms with E-state index in [1.807, 2.05) is 24.5 Å². The van der Waals surface area contributed by atoms with Gasteiger partial charge in [-0.2, -0.15) is 0 Å². The first kappa shape index (κ1) is 8.28. The van der Waals surface area contributed by atoms with Crippen molar-refractivity contribution in [1.29, 1.82) is 0 Å². The van der Waals surface area contributed by atoms with E-state index in [1.165, 1.54) is 12.8 Å². The maximum Gasteiger partial charge on any atom is 0.000496 e. The number of aromatic nitrogens is 1. The van der Waals surface area contributed by atoms with E-state index in [0.29, 0.717) is 0 Å². The Bertz CT molecular complexity index is 80.1. The van der Waals surface area contributed by atoms with E-state index >= 15 is 0 Å². The van der Waals surface area contributed by atoms with Crippen molar-refractivity contribution < 1.29 is 0 Å². The summed E-state index contributed by atoms with van der Waals surface area (Å²) in [6.45, 7) is 4.36. The number of H-pyrrole nitrogens is 1. The quantitative estimate of drug-likeness (QED) is 0.594. The van der Waals surface area contributed by atoms with Crippen LogP contribution in [0.5, 0.6) is 0 Å². The molecule has 1 heterocycles. The van der Waals surface area contributed by atoms with Crippen molar-refractivity contribution in [1.82, 2.24) is 4.98 Å². The summed E-state index contributed by atoms with van der Waals surface area (Å²) in [6.07, 6.45) is 6.39. The molecule has 1 rings (SSSR count). The second kappa shape index (κ2) is 7.28. The van der Waals surface area contributed by atoms with Crippen molar-refractivity contribution in [3.63, 3.8) is 0 Å². The number of aromatic amines is 1. The number of rotatable bonds is 1. The molecule has 1 aromatic heterocycles. The summed E-state index contributed by atoms with van der Waals surface area (Å²) in [6, 6.07) is 3.89. The number of hydrogen-bond donors (Lipinski definition) is 1. The summed E-state index contributed by atoms with van der Waals surface area (Å²) in [7, 11) is 0. The third-order valence-corrected chi connectivity index (χ3v) is 0.996. The van der Waals surface area contributed by atoms with Crippen LogP contribution in [-0.4, -0.2) is 4.98 Å². The van der Waals surface area contributed by atoms with E-state index < -0.39 is 0 Å². The summed E-state index contributed by atoms with van der Waals surface area (Å²) in [5, 5.41) is 0. The van der Waals surface area contributed by atoms with Crippen LogP contribution in [0.2, 0.25) is 0 Å². The first-order valence-electron chi connectivity index (χ1n) is 3.49. The van der Waals surface area contributed by atoms with Gasteiger partial charge in [0.05, 0.1) is 0 Å². The molecule has 0 aliphatic rings. The Morgan fingerprint density at radius 1 is 1.00 bits per heavy atom. The molecule has 0 atom stereocenters. The molecule has 0 amide bonds. The van der Waals surface area contributed by atoms with E-state index in [1.54, 1.807) is 0 Å². The van der Waals surface area contributed by atoms with Crippen LogP contribution in [0.4, 0.5) is 0 Å². The largest absolute Gasteiger partial charge is 0.368 e. The summed E-state index contributed by atoms with van der Waals surface area (Å²) in [5.74, 6) is 0. The summed E-state index contributed by atoms with van der Waals surface area (Å²) >= 11 is 0. The van der Waals surface area contributed by atoms with Gasteiger partial charge in [-0.3, -0.25) is 0 Å². The smallest absolute Gasteiger partial charge is 0.000496 e. The highest BCUT2D eigenvalue weighted by Gasteiger charge is 1.56. The predicted octanol–water partition coefficient (Wildman–Crippen LogP) is 2.82. The van der Waals surface area contributed by atoms with Crippen molar-refractivity contribution in [2.24, 2.45) is 0 Å². The average Bonchev–Trinajstić information content (AvgIpc) is 2.43. The van der Waals surface area contributed by atoms with Gasteiger partial charge in [0.25, 0.3) is 0 Å². The maximum atomic E-state index is 2.86. The predicted molar refractivity (Wildman–Crippen MR) is 41.4 cm³/mol. The Morgan fingerprint density at radius 3 is 1.56 bits per heavy atom. The van der Waals surface area contributed by atoms with Gasteiger partial charge in [-0.05, 0) is 12.1 Å². The highest BCUT2D eigenvalue weighted by Crippen LogP contribution is 1.76. The van der Waals surface area contributed by atoms with Crippen molar-refractivity contribution in [3.8, 4) is 0 Å². The molecule has 1 N–H and O–H groups in total. The molecule has 0 spiro atoms. The summed E-state index contributed by atoms with van der Waals surface area (Å²) in [4.78, 5) is 2.86. The lowest BCUT2D eigenvalue weighted by Crippen LogP contribution is -1.47. The maximum absolute atomic E-state index is 2.86. The van der Waals surface area contributed by atoms with Crippen LogP contribution >= 0.6 is 0 Å². The molecular formula is C8H15N. The van der Waals surface area contributed by atoms with Gasteiger partial charge in [0.2, 0.25) is 0 Å². The Hall–Kier alpha value is -0.720. The third kappa shape index (κ3) is 7.28. The number of hydrogen-bond acceptors (Lipinski definition) is 0. The van der Waals surface area contributed by atoms with Crippen LogP contribution in [0.1, 0.15) is 26.7 Å². The van der Waals surface area contributed by atoms with E-state index in [4.69, 9.17) is 0 Å². The van der Waals surface area contributed by atoms with E-state index in [-0.39, 0.29) is 0 Å². The van der Waals surface area contributed by atoms with Crippen LogP contribution in [0.15, 0.2) is 24.5 Å². The van der Waals surface area contributed by atoms with Gasteiger partial charge < -0.3 is 4.98 Å². The molecule has 0 aliphatic heterocycles. The lowest BCUT2D eigenvalue weighted by Gasteiger charge is -1.68. The monoisotopic (exact) mass is 125 g/mol. The molecule has 9 heavy (non-hydrogen) atoms. The first-order valence-corrected chi connectivity index (χ1v) is 3.49. The fraction of sp³-hybridized carbons (Fsp3) is 0.500. The van der Waals surface area contributed by atoms with E-state index in [2.05, 4.69) is 18.8 Å². The first-order chi connectivity index (χ1) is 4.41. The van der Waals surface area contributed by atoms with Gasteiger partial charge in [0.1, 0.15) is 0 Å². The molecular weight excluding hydrogens is 110 g/mol. The van der Waals surface area contributed by atoms with E-state index in [0.717, 1.165) is 0 Å². The Balaban J connectivity index is 0.000000148. The normalized spacial score (nSPS) is 7.78. The molecule has 1 nitrogen and oxygen atoms in total. The lowest BCUT2D eigenvalue weighted by molar-refractivity contribution is 0.886. The molecule has 0 radical (unpaired) electrons. The molecule has 0 saturated carbocycles. The molecule has 0 aromatic carbocycles. The van der Waals surface area contributed by atoms with Gasteiger partial charge in [-0.15, -0.1) is 0 Å². The molecule has 0 saturated heterocycles. The van der Waals surface area contributed by atoms with Crippen molar-refractivity contribution in [2.45, 2.75) is 26.7 Å². The minimum atomic E-state index is 1.32. The van der Waals surface area contributed by atoms with Gasteiger partial charge >= 0.3 is 0 Å². The highest BCUT2D eigenvalue weighted by molar-refractivity contribution is 4.84. The van der Waals surface area contributed by atoms with Crippen LogP contribution in [0.25, 0.3) is 0 Å². The second-order valence-corrected chi connectivity index (χ2v) is 1.88. The van der Waals surface area contributed by atoms with Gasteiger partial charge in [0, 0.05) is 12.4 Å². The molecule has 0 aliphatic carbocycles. The average molecular weight is 125 g/mol. The number of unbranched alkanes of at least 4 members (excludes halogenated alkanes) is 1. The van der Waals surface area contributed by atoms with E-state index in [9.17, 15) is 0 Å². The minimum Gasteiger partial charge on any atom is -0.368 e. The molecule has 1 heteroatoms. The van der Waals surface area contributed by atoms with Crippen LogP contribution in [0.3, 0.4) is 0 Å². The molecule has 0 unspecified atom stereocenters.